The second-order valence-electron chi connectivity index (χ2n) is 7.38. The number of carbonyl (C=O) groups excluding carboxylic acids is 1. The van der Waals surface area contributed by atoms with E-state index in [-0.39, 0.29) is 24.9 Å². The Balaban J connectivity index is 1.76. The van der Waals surface area contributed by atoms with Gasteiger partial charge in [-0.25, -0.2) is 4.79 Å². The second kappa shape index (κ2) is 7.66. The number of hydrogen-bond acceptors (Lipinski definition) is 7. The van der Waals surface area contributed by atoms with E-state index in [1.165, 1.54) is 0 Å². The zero-order valence-corrected chi connectivity index (χ0v) is 14.8. The van der Waals surface area contributed by atoms with Crippen LogP contribution in [-0.2, 0) is 15.1 Å². The Labute approximate surface area is 155 Å². The molecule has 0 bridgehead atoms. The number of carbonyl (C=O) groups is 1. The molecule has 0 aromatic carbocycles. The lowest BCUT2D eigenvalue weighted by molar-refractivity contribution is -0.152. The summed E-state index contributed by atoms with van der Waals surface area (Å²) in [4.78, 5) is 37.6. The molecule has 2 unspecified atom stereocenters. The first-order valence-electron chi connectivity index (χ1n) is 9.15. The number of nitrogens with one attached hydrogen (secondary N) is 1. The van der Waals surface area contributed by atoms with Gasteiger partial charge in [0, 0.05) is 18.2 Å². The third kappa shape index (κ3) is 3.55. The number of hydrogen-bond donors (Lipinski definition) is 3. The molecule has 3 N–H and O–H groups in total. The van der Waals surface area contributed by atoms with Crippen molar-refractivity contribution in [2.75, 3.05) is 6.61 Å². The Hall–Kier alpha value is -2.44. The molecule has 1 heterocycles. The Morgan fingerprint density at radius 2 is 2.04 bits per heavy atom. The molecule has 146 valence electrons. The third-order valence-corrected chi connectivity index (χ3v) is 5.69. The van der Waals surface area contributed by atoms with Crippen LogP contribution < -0.4 is 11.2 Å². The van der Waals surface area contributed by atoms with Gasteiger partial charge in [-0.05, 0) is 19.3 Å². The van der Waals surface area contributed by atoms with Crippen molar-refractivity contribution in [2.24, 2.45) is 11.8 Å². The molecule has 4 atom stereocenters. The highest BCUT2D eigenvalue weighted by Gasteiger charge is 2.55. The molecule has 9 nitrogen and oxygen atoms in total. The molecule has 0 amide bonds. The predicted molar refractivity (Wildman–Crippen MR) is 92.6 cm³/mol. The average Bonchev–Trinajstić information content (AvgIpc) is 2.92. The van der Waals surface area contributed by atoms with E-state index < -0.39 is 34.9 Å². The molecular formula is C18H23N3O6. The molecule has 2 aliphatic rings. The van der Waals surface area contributed by atoms with Crippen LogP contribution in [0.15, 0.2) is 21.9 Å². The minimum atomic E-state index is -1.75. The number of rotatable bonds is 4. The number of nitrogens with zero attached hydrogens (tertiary/aromatic N) is 2. The van der Waals surface area contributed by atoms with Crippen LogP contribution in [0, 0.1) is 23.2 Å². The van der Waals surface area contributed by atoms with E-state index in [1.54, 1.807) is 0 Å². The highest BCUT2D eigenvalue weighted by atomic mass is 16.5. The maximum Gasteiger partial charge on any atom is 0.329 e. The van der Waals surface area contributed by atoms with Gasteiger partial charge in [-0.3, -0.25) is 19.1 Å². The number of aliphatic hydroxyl groups is 2. The van der Waals surface area contributed by atoms with Crippen LogP contribution in [0.25, 0.3) is 0 Å². The van der Waals surface area contributed by atoms with Gasteiger partial charge >= 0.3 is 11.7 Å². The molecule has 0 saturated heterocycles. The van der Waals surface area contributed by atoms with Crippen molar-refractivity contribution in [2.45, 2.75) is 56.3 Å². The van der Waals surface area contributed by atoms with Crippen LogP contribution in [0.5, 0.6) is 0 Å². The van der Waals surface area contributed by atoms with E-state index in [2.05, 4.69) is 0 Å². The van der Waals surface area contributed by atoms with Crippen molar-refractivity contribution in [1.82, 2.24) is 9.55 Å². The molecule has 27 heavy (non-hydrogen) atoms. The van der Waals surface area contributed by atoms with E-state index in [0.29, 0.717) is 0 Å². The number of aromatic nitrogens is 2. The van der Waals surface area contributed by atoms with E-state index in [4.69, 9.17) is 4.74 Å². The van der Waals surface area contributed by atoms with Gasteiger partial charge in [0.25, 0.3) is 5.56 Å². The van der Waals surface area contributed by atoms with E-state index >= 15 is 0 Å². The molecule has 9 heteroatoms. The van der Waals surface area contributed by atoms with Gasteiger partial charge < -0.3 is 14.9 Å². The van der Waals surface area contributed by atoms with Crippen molar-refractivity contribution in [3.8, 4) is 6.07 Å². The number of aromatic amines is 1. The van der Waals surface area contributed by atoms with E-state index in [0.717, 1.165) is 48.9 Å². The lowest BCUT2D eigenvalue weighted by Gasteiger charge is -2.27. The molecule has 0 radical (unpaired) electrons. The lowest BCUT2D eigenvalue weighted by Crippen LogP contribution is -2.49. The van der Waals surface area contributed by atoms with Crippen LogP contribution in [0.3, 0.4) is 0 Å². The maximum absolute atomic E-state index is 12.2. The standard InChI is InChI=1S/C18H23N3O6/c19-10-18(21-7-6-13(22)20-17(21)26)8-12(14(23)15(18)24)9-27-16(25)11-4-2-1-3-5-11/h6-7,11-12,14-15,23-24H,1-5,8-9H2,(H,20,22,26)/t12-,14?,15?,18+/m1/s1. The van der Waals surface area contributed by atoms with E-state index in [9.17, 15) is 29.9 Å². The first-order chi connectivity index (χ1) is 12.9. The average molecular weight is 377 g/mol. The summed E-state index contributed by atoms with van der Waals surface area (Å²) in [6.45, 7) is -0.144. The molecule has 2 aliphatic carbocycles. The molecule has 1 aromatic rings. The van der Waals surface area contributed by atoms with Gasteiger partial charge in [0.1, 0.15) is 6.10 Å². The van der Waals surface area contributed by atoms with Crippen LogP contribution in [0.2, 0.25) is 0 Å². The highest BCUT2D eigenvalue weighted by Crippen LogP contribution is 2.40. The van der Waals surface area contributed by atoms with Crippen LogP contribution in [0.1, 0.15) is 38.5 Å². The summed E-state index contributed by atoms with van der Waals surface area (Å²) in [5, 5.41) is 30.5. The number of nitriles is 1. The Morgan fingerprint density at radius 1 is 1.33 bits per heavy atom. The Morgan fingerprint density at radius 3 is 2.67 bits per heavy atom. The normalized spacial score (nSPS) is 31.4. The summed E-state index contributed by atoms with van der Waals surface area (Å²) < 4.78 is 6.26. The van der Waals surface area contributed by atoms with Gasteiger partial charge in [-0.2, -0.15) is 5.26 Å². The van der Waals surface area contributed by atoms with Gasteiger partial charge in [0.2, 0.25) is 0 Å². The van der Waals surface area contributed by atoms with Crippen LogP contribution in [-0.4, -0.2) is 44.5 Å². The van der Waals surface area contributed by atoms with Gasteiger partial charge in [-0.1, -0.05) is 19.3 Å². The number of ether oxygens (including phenoxy) is 1. The van der Waals surface area contributed by atoms with Crippen molar-refractivity contribution >= 4 is 5.97 Å². The molecule has 3 rings (SSSR count). The topological polar surface area (TPSA) is 145 Å². The number of aliphatic hydroxyl groups excluding tert-OH is 2. The Bertz CT molecular complexity index is 850. The predicted octanol–water partition coefficient (Wildman–Crippen LogP) is -0.379. The fourth-order valence-electron chi connectivity index (χ4n) is 4.12. The second-order valence-corrected chi connectivity index (χ2v) is 7.38. The fraction of sp³-hybridized carbons (Fsp3) is 0.667. The first kappa shape index (κ1) is 19.3. The quantitative estimate of drug-likeness (QED) is 0.606. The zero-order chi connectivity index (χ0) is 19.6. The smallest absolute Gasteiger partial charge is 0.329 e. The van der Waals surface area contributed by atoms with Crippen molar-refractivity contribution in [1.29, 1.82) is 5.26 Å². The number of esters is 1. The summed E-state index contributed by atoms with van der Waals surface area (Å²) in [5.41, 5.74) is -3.23. The van der Waals surface area contributed by atoms with Crippen LogP contribution in [0.4, 0.5) is 0 Å². The minimum absolute atomic E-state index is 0.0876. The molecule has 2 saturated carbocycles. The highest BCUT2D eigenvalue weighted by molar-refractivity contribution is 5.72. The molecule has 0 spiro atoms. The van der Waals surface area contributed by atoms with E-state index in [1.807, 2.05) is 11.1 Å². The van der Waals surface area contributed by atoms with Crippen molar-refractivity contribution in [3.63, 3.8) is 0 Å². The summed E-state index contributed by atoms with van der Waals surface area (Å²) in [5.74, 6) is -1.18. The first-order valence-corrected chi connectivity index (χ1v) is 9.15. The van der Waals surface area contributed by atoms with Crippen LogP contribution >= 0.6 is 0 Å². The van der Waals surface area contributed by atoms with Gasteiger partial charge in [-0.15, -0.1) is 0 Å². The molecule has 1 aromatic heterocycles. The minimum Gasteiger partial charge on any atom is -0.465 e. The molecular weight excluding hydrogens is 354 g/mol. The van der Waals surface area contributed by atoms with Crippen molar-refractivity contribution in [3.05, 3.63) is 33.1 Å². The monoisotopic (exact) mass is 377 g/mol. The van der Waals surface area contributed by atoms with Crippen molar-refractivity contribution < 1.29 is 19.7 Å². The fourth-order valence-corrected chi connectivity index (χ4v) is 4.12. The summed E-state index contributed by atoms with van der Waals surface area (Å²) >= 11 is 0. The SMILES string of the molecule is N#C[C@@]1(n2ccc(=O)[nH]c2=O)C[C@H](COC(=O)C2CCCCC2)C(O)C1O. The Kier molecular flexibility index (Phi) is 5.48. The van der Waals surface area contributed by atoms with Gasteiger partial charge in [0.15, 0.2) is 5.54 Å². The summed E-state index contributed by atoms with van der Waals surface area (Å²) in [6, 6.07) is 2.97. The number of H-pyrrole nitrogens is 1. The summed E-state index contributed by atoms with van der Waals surface area (Å²) in [6.07, 6.45) is 2.76. The zero-order valence-electron chi connectivity index (χ0n) is 14.8. The lowest BCUT2D eigenvalue weighted by atomic mass is 9.89. The summed E-state index contributed by atoms with van der Waals surface area (Å²) in [7, 11) is 0. The molecule has 0 aliphatic heterocycles. The maximum atomic E-state index is 12.2. The third-order valence-electron chi connectivity index (χ3n) is 5.69. The van der Waals surface area contributed by atoms with Gasteiger partial charge in [0.05, 0.1) is 24.7 Å². The largest absolute Gasteiger partial charge is 0.465 e. The molecule has 2 fully saturated rings.